The van der Waals surface area contributed by atoms with Gasteiger partial charge < -0.3 is 4.98 Å². The molecule has 0 aliphatic carbocycles. The van der Waals surface area contributed by atoms with E-state index in [0.717, 1.165) is 38.0 Å². The largest absolute Gasteiger partial charge is 0.342 e. The van der Waals surface area contributed by atoms with Crippen LogP contribution >= 0.6 is 0 Å². The zero-order chi connectivity index (χ0) is 22.4. The van der Waals surface area contributed by atoms with Crippen molar-refractivity contribution in [1.82, 2.24) is 14.9 Å². The van der Waals surface area contributed by atoms with Gasteiger partial charge in [0.2, 0.25) is 0 Å². The summed E-state index contributed by atoms with van der Waals surface area (Å²) in [6, 6.07) is 10.9. The number of aromatic amines is 1. The van der Waals surface area contributed by atoms with E-state index in [4.69, 9.17) is 0 Å². The van der Waals surface area contributed by atoms with Gasteiger partial charge in [-0.3, -0.25) is 4.90 Å². The molecule has 5 rings (SSSR count). The highest BCUT2D eigenvalue weighted by molar-refractivity contribution is 5.83. The van der Waals surface area contributed by atoms with Crippen LogP contribution in [0.25, 0.3) is 33.3 Å². The highest BCUT2D eigenvalue weighted by Gasteiger charge is 2.27. The first-order chi connectivity index (χ1) is 15.4. The lowest BCUT2D eigenvalue weighted by atomic mass is 9.96. The Kier molecular flexibility index (Phi) is 5.21. The van der Waals surface area contributed by atoms with Crippen molar-refractivity contribution in [2.24, 2.45) is 0 Å². The van der Waals surface area contributed by atoms with Crippen molar-refractivity contribution in [1.29, 1.82) is 0 Å². The summed E-state index contributed by atoms with van der Waals surface area (Å²) < 4.78 is 60.1. The molecule has 7 heteroatoms. The second-order valence-electron chi connectivity index (χ2n) is 8.24. The summed E-state index contributed by atoms with van der Waals surface area (Å²) in [4.78, 5) is 9.48. The van der Waals surface area contributed by atoms with E-state index in [-0.39, 0.29) is 11.1 Å². The second kappa shape index (κ2) is 8.06. The number of halogens is 4. The lowest BCUT2D eigenvalue weighted by molar-refractivity contribution is 0.331. The average molecular weight is 439 g/mol. The number of likely N-dealkylation sites (tertiary alicyclic amines) is 1. The van der Waals surface area contributed by atoms with E-state index < -0.39 is 34.4 Å². The van der Waals surface area contributed by atoms with Crippen LogP contribution in [-0.4, -0.2) is 28.0 Å². The van der Waals surface area contributed by atoms with Gasteiger partial charge in [-0.05, 0) is 61.7 Å². The van der Waals surface area contributed by atoms with E-state index in [9.17, 15) is 0 Å². The number of nitrogens with one attached hydrogen (secondary N) is 1. The summed E-state index contributed by atoms with van der Waals surface area (Å²) in [5.41, 5.74) is 0.794. The molecule has 1 saturated heterocycles. The Morgan fingerprint density at radius 1 is 0.812 bits per heavy atom. The molecule has 0 unspecified atom stereocenters. The van der Waals surface area contributed by atoms with E-state index in [1.165, 1.54) is 24.3 Å². The third-order valence-electron chi connectivity index (χ3n) is 6.00. The fraction of sp³-hybridized carbons (Fsp3) is 0.240. The molecule has 1 N–H and O–H groups in total. The van der Waals surface area contributed by atoms with Crippen LogP contribution in [0.4, 0.5) is 17.6 Å². The van der Waals surface area contributed by atoms with E-state index in [0.29, 0.717) is 16.9 Å². The summed E-state index contributed by atoms with van der Waals surface area (Å²) in [7, 11) is 0. The van der Waals surface area contributed by atoms with Crippen molar-refractivity contribution in [2.75, 3.05) is 13.1 Å². The third-order valence-corrected chi connectivity index (χ3v) is 6.00. The SMILES string of the molecule is Cc1nc2ccc(-c3c(F)c(F)c(-c4ccc(CN5CCCC5)cc4)c(F)c3F)cc2[nH]1. The molecule has 164 valence electrons. The number of aromatic nitrogens is 2. The fourth-order valence-corrected chi connectivity index (χ4v) is 4.41. The van der Waals surface area contributed by atoms with Gasteiger partial charge in [0, 0.05) is 6.54 Å². The minimum atomic E-state index is -1.42. The Hall–Kier alpha value is -3.19. The van der Waals surface area contributed by atoms with Crippen LogP contribution in [0.5, 0.6) is 0 Å². The van der Waals surface area contributed by atoms with Crippen molar-refractivity contribution < 1.29 is 17.6 Å². The Balaban J connectivity index is 1.54. The zero-order valence-electron chi connectivity index (χ0n) is 17.5. The standard InChI is InChI=1S/C25H21F4N3/c1-14-30-18-9-8-17(12-19(18)31-14)21-24(28)22(26)20(23(27)25(21)29)16-6-4-15(5-7-16)13-32-10-2-3-11-32/h4-9,12H,2-3,10-11,13H2,1H3,(H,30,31). The molecule has 3 nitrogen and oxygen atoms in total. The molecule has 0 radical (unpaired) electrons. The minimum Gasteiger partial charge on any atom is -0.342 e. The molecule has 2 heterocycles. The van der Waals surface area contributed by atoms with E-state index in [1.807, 2.05) is 0 Å². The van der Waals surface area contributed by atoms with Gasteiger partial charge in [0.1, 0.15) is 5.82 Å². The lowest BCUT2D eigenvalue weighted by Crippen LogP contribution is -2.18. The molecular formula is C25H21F4N3. The number of aryl methyl sites for hydroxylation is 1. The van der Waals surface area contributed by atoms with Crippen molar-refractivity contribution >= 4 is 11.0 Å². The van der Waals surface area contributed by atoms with Gasteiger partial charge >= 0.3 is 0 Å². The number of H-pyrrole nitrogens is 1. The van der Waals surface area contributed by atoms with Gasteiger partial charge in [0.15, 0.2) is 23.3 Å². The van der Waals surface area contributed by atoms with Crippen LogP contribution in [0, 0.1) is 30.2 Å². The Morgan fingerprint density at radius 2 is 1.38 bits per heavy atom. The molecule has 1 aliphatic heterocycles. The van der Waals surface area contributed by atoms with E-state index in [1.54, 1.807) is 25.1 Å². The number of hydrogen-bond acceptors (Lipinski definition) is 2. The molecule has 0 bridgehead atoms. The molecule has 0 spiro atoms. The van der Waals surface area contributed by atoms with Crippen molar-refractivity contribution in [2.45, 2.75) is 26.3 Å². The molecule has 1 fully saturated rings. The molecule has 0 amide bonds. The van der Waals surface area contributed by atoms with Gasteiger partial charge in [-0.25, -0.2) is 22.5 Å². The minimum absolute atomic E-state index is 0.0291. The summed E-state index contributed by atoms with van der Waals surface area (Å²) in [5.74, 6) is -5.04. The first kappa shape index (κ1) is 20.7. The Labute approximate surface area is 182 Å². The van der Waals surface area contributed by atoms with Crippen LogP contribution < -0.4 is 0 Å². The number of imidazole rings is 1. The van der Waals surface area contributed by atoms with Gasteiger partial charge in [-0.15, -0.1) is 0 Å². The maximum atomic E-state index is 15.0. The number of fused-ring (bicyclic) bond motifs is 1. The monoisotopic (exact) mass is 439 g/mol. The van der Waals surface area contributed by atoms with Crippen LogP contribution in [-0.2, 0) is 6.54 Å². The highest BCUT2D eigenvalue weighted by atomic mass is 19.2. The molecule has 3 aromatic carbocycles. The summed E-state index contributed by atoms with van der Waals surface area (Å²) in [6.45, 7) is 4.52. The maximum absolute atomic E-state index is 15.0. The number of hydrogen-bond donors (Lipinski definition) is 1. The Morgan fingerprint density at radius 3 is 2.00 bits per heavy atom. The topological polar surface area (TPSA) is 31.9 Å². The normalized spacial score (nSPS) is 14.5. The first-order valence-electron chi connectivity index (χ1n) is 10.6. The molecule has 0 saturated carbocycles. The van der Waals surface area contributed by atoms with Crippen LogP contribution in [0.1, 0.15) is 24.2 Å². The van der Waals surface area contributed by atoms with Crippen LogP contribution in [0.2, 0.25) is 0 Å². The molecule has 4 aromatic rings. The fourth-order valence-electron chi connectivity index (χ4n) is 4.41. The van der Waals surface area contributed by atoms with Crippen molar-refractivity contribution in [3.8, 4) is 22.3 Å². The summed E-state index contributed by atoms with van der Waals surface area (Å²) in [5, 5.41) is 0. The average Bonchev–Trinajstić information content (AvgIpc) is 3.42. The van der Waals surface area contributed by atoms with Gasteiger partial charge in [-0.2, -0.15) is 0 Å². The van der Waals surface area contributed by atoms with Gasteiger partial charge in [-0.1, -0.05) is 30.3 Å². The highest BCUT2D eigenvalue weighted by Crippen LogP contribution is 2.37. The lowest BCUT2D eigenvalue weighted by Gasteiger charge is -2.15. The number of rotatable bonds is 4. The van der Waals surface area contributed by atoms with Gasteiger partial charge in [0.05, 0.1) is 22.2 Å². The first-order valence-corrected chi connectivity index (χ1v) is 10.6. The van der Waals surface area contributed by atoms with E-state index in [2.05, 4.69) is 14.9 Å². The zero-order valence-corrected chi connectivity index (χ0v) is 17.5. The van der Waals surface area contributed by atoms with Crippen molar-refractivity contribution in [3.05, 3.63) is 77.1 Å². The maximum Gasteiger partial charge on any atom is 0.170 e. The quantitative estimate of drug-likeness (QED) is 0.297. The van der Waals surface area contributed by atoms with E-state index >= 15 is 17.6 Å². The van der Waals surface area contributed by atoms with Crippen LogP contribution in [0.15, 0.2) is 42.5 Å². The molecule has 32 heavy (non-hydrogen) atoms. The van der Waals surface area contributed by atoms with Crippen LogP contribution in [0.3, 0.4) is 0 Å². The predicted octanol–water partition coefficient (Wildman–Crippen LogP) is 6.36. The third kappa shape index (κ3) is 3.56. The smallest absolute Gasteiger partial charge is 0.170 e. The number of benzene rings is 3. The second-order valence-corrected chi connectivity index (χ2v) is 8.24. The molecule has 0 atom stereocenters. The summed E-state index contributed by atoms with van der Waals surface area (Å²) in [6.07, 6.45) is 2.32. The number of nitrogens with zero attached hydrogens (tertiary/aromatic N) is 2. The summed E-state index contributed by atoms with van der Waals surface area (Å²) >= 11 is 0. The van der Waals surface area contributed by atoms with Crippen molar-refractivity contribution in [3.63, 3.8) is 0 Å². The van der Waals surface area contributed by atoms with Gasteiger partial charge in [0.25, 0.3) is 0 Å². The molecular weight excluding hydrogens is 418 g/mol. The predicted molar refractivity (Wildman–Crippen MR) is 116 cm³/mol. The molecule has 1 aliphatic rings. The molecule has 1 aromatic heterocycles. The Bertz CT molecular complexity index is 1280.